The van der Waals surface area contributed by atoms with E-state index in [0.29, 0.717) is 22.1 Å². The summed E-state index contributed by atoms with van der Waals surface area (Å²) in [5, 5.41) is 18.1. The van der Waals surface area contributed by atoms with Crippen molar-refractivity contribution >= 4 is 17.7 Å². The van der Waals surface area contributed by atoms with Gasteiger partial charge in [0.05, 0.1) is 29.8 Å². The van der Waals surface area contributed by atoms with Crippen molar-refractivity contribution < 1.29 is 9.47 Å². The fourth-order valence-electron chi connectivity index (χ4n) is 2.01. The van der Waals surface area contributed by atoms with Crippen LogP contribution >= 0.6 is 11.6 Å². The van der Waals surface area contributed by atoms with Crippen molar-refractivity contribution in [1.29, 1.82) is 10.5 Å². The first kappa shape index (κ1) is 16.4. The monoisotopic (exact) mass is 324 g/mol. The molecule has 0 spiro atoms. The van der Waals surface area contributed by atoms with Crippen molar-refractivity contribution in [3.8, 4) is 23.6 Å². The number of nitriles is 2. The Morgan fingerprint density at radius 1 is 1.22 bits per heavy atom. The van der Waals surface area contributed by atoms with Crippen molar-refractivity contribution in [1.82, 2.24) is 0 Å². The number of ether oxygens (including phenoxy) is 2. The smallest absolute Gasteiger partial charge is 0.180 e. The van der Waals surface area contributed by atoms with Crippen LogP contribution < -0.4 is 9.47 Å². The third-order valence-electron chi connectivity index (χ3n) is 3.11. The van der Waals surface area contributed by atoms with E-state index in [1.54, 1.807) is 30.3 Å². The van der Waals surface area contributed by atoms with Gasteiger partial charge in [0.25, 0.3) is 0 Å². The molecule has 0 fully saturated rings. The minimum absolute atomic E-state index is 0.202. The lowest BCUT2D eigenvalue weighted by atomic mass is 10.1. The Labute approximate surface area is 139 Å². The second kappa shape index (κ2) is 7.89. The van der Waals surface area contributed by atoms with Gasteiger partial charge in [0.2, 0.25) is 0 Å². The standard InChI is InChI=1S/C18H13ClN2O2/c1-22-17-10-13(5-4-8-20)9-16(19)18(17)23-12-15-7-3-2-6-14(15)11-21/h2-7,9-10H,12H2,1H3. The fourth-order valence-corrected chi connectivity index (χ4v) is 2.29. The van der Waals surface area contributed by atoms with Gasteiger partial charge < -0.3 is 9.47 Å². The van der Waals surface area contributed by atoms with Gasteiger partial charge in [-0.05, 0) is 29.8 Å². The highest BCUT2D eigenvalue weighted by Gasteiger charge is 2.12. The zero-order valence-electron chi connectivity index (χ0n) is 12.4. The van der Waals surface area contributed by atoms with Gasteiger partial charge in [-0.15, -0.1) is 0 Å². The Bertz CT molecular complexity index is 817. The van der Waals surface area contributed by atoms with Crippen LogP contribution in [0.5, 0.6) is 11.5 Å². The number of rotatable bonds is 5. The van der Waals surface area contributed by atoms with Crippen LogP contribution in [-0.2, 0) is 6.61 Å². The van der Waals surface area contributed by atoms with E-state index in [0.717, 1.165) is 11.1 Å². The molecule has 0 aromatic heterocycles. The molecule has 0 saturated heterocycles. The quantitative estimate of drug-likeness (QED) is 0.767. The summed E-state index contributed by atoms with van der Waals surface area (Å²) in [6.07, 6.45) is 2.98. The summed E-state index contributed by atoms with van der Waals surface area (Å²) in [4.78, 5) is 0. The molecule has 0 unspecified atom stereocenters. The van der Waals surface area contributed by atoms with Gasteiger partial charge in [-0.25, -0.2) is 0 Å². The van der Waals surface area contributed by atoms with Crippen LogP contribution in [0.3, 0.4) is 0 Å². The number of nitrogens with zero attached hydrogens (tertiary/aromatic N) is 2. The van der Waals surface area contributed by atoms with Crippen LogP contribution in [-0.4, -0.2) is 7.11 Å². The van der Waals surface area contributed by atoms with Crippen LogP contribution in [0.4, 0.5) is 0 Å². The molecule has 4 nitrogen and oxygen atoms in total. The van der Waals surface area contributed by atoms with Gasteiger partial charge in [0.1, 0.15) is 6.61 Å². The van der Waals surface area contributed by atoms with Crippen LogP contribution in [0, 0.1) is 22.7 Å². The summed E-state index contributed by atoms with van der Waals surface area (Å²) in [6.45, 7) is 0.202. The average Bonchev–Trinajstić information content (AvgIpc) is 2.58. The van der Waals surface area contributed by atoms with Crippen LogP contribution in [0.25, 0.3) is 6.08 Å². The van der Waals surface area contributed by atoms with Crippen molar-refractivity contribution in [3.63, 3.8) is 0 Å². The number of allylic oxidation sites excluding steroid dienone is 1. The van der Waals surface area contributed by atoms with E-state index in [-0.39, 0.29) is 6.61 Å². The van der Waals surface area contributed by atoms with E-state index in [9.17, 15) is 0 Å². The summed E-state index contributed by atoms with van der Waals surface area (Å²) in [7, 11) is 1.51. The SMILES string of the molecule is COc1cc(C=CC#N)cc(Cl)c1OCc1ccccc1C#N. The fraction of sp³-hybridized carbons (Fsp3) is 0.111. The van der Waals surface area contributed by atoms with Gasteiger partial charge in [0, 0.05) is 11.6 Å². The van der Waals surface area contributed by atoms with Crippen LogP contribution in [0.15, 0.2) is 42.5 Å². The first-order valence-corrected chi connectivity index (χ1v) is 7.12. The molecular formula is C18H13ClN2O2. The summed E-state index contributed by atoms with van der Waals surface area (Å²) in [5.41, 5.74) is 2.05. The lowest BCUT2D eigenvalue weighted by Gasteiger charge is -2.14. The van der Waals surface area contributed by atoms with Gasteiger partial charge in [-0.2, -0.15) is 10.5 Å². The number of benzene rings is 2. The van der Waals surface area contributed by atoms with Gasteiger partial charge in [0.15, 0.2) is 11.5 Å². The van der Waals surface area contributed by atoms with E-state index < -0.39 is 0 Å². The molecular weight excluding hydrogens is 312 g/mol. The third kappa shape index (κ3) is 4.03. The molecule has 5 heteroatoms. The third-order valence-corrected chi connectivity index (χ3v) is 3.39. The maximum absolute atomic E-state index is 9.10. The summed E-state index contributed by atoms with van der Waals surface area (Å²) >= 11 is 6.25. The van der Waals surface area contributed by atoms with Crippen LogP contribution in [0.1, 0.15) is 16.7 Å². The maximum Gasteiger partial charge on any atom is 0.180 e. The van der Waals surface area contributed by atoms with Gasteiger partial charge in [-0.1, -0.05) is 29.8 Å². The lowest BCUT2D eigenvalue weighted by molar-refractivity contribution is 0.284. The minimum atomic E-state index is 0.202. The first-order valence-electron chi connectivity index (χ1n) is 6.74. The lowest BCUT2D eigenvalue weighted by Crippen LogP contribution is -2.00. The predicted molar refractivity (Wildman–Crippen MR) is 88.1 cm³/mol. The maximum atomic E-state index is 9.10. The Hall–Kier alpha value is -2.95. The highest BCUT2D eigenvalue weighted by atomic mass is 35.5. The molecule has 0 aliphatic carbocycles. The largest absolute Gasteiger partial charge is 0.493 e. The molecule has 0 aliphatic rings. The summed E-state index contributed by atoms with van der Waals surface area (Å²) in [5.74, 6) is 0.862. The number of halogens is 1. The molecule has 0 saturated carbocycles. The Morgan fingerprint density at radius 3 is 2.70 bits per heavy atom. The highest BCUT2D eigenvalue weighted by molar-refractivity contribution is 6.32. The van der Waals surface area contributed by atoms with E-state index in [4.69, 9.17) is 31.6 Å². The summed E-state index contributed by atoms with van der Waals surface area (Å²) < 4.78 is 11.1. The van der Waals surface area contributed by atoms with Crippen molar-refractivity contribution in [3.05, 3.63) is 64.2 Å². The minimum Gasteiger partial charge on any atom is -0.493 e. The summed E-state index contributed by atoms with van der Waals surface area (Å²) in [6, 6.07) is 14.6. The van der Waals surface area contributed by atoms with Crippen molar-refractivity contribution in [2.45, 2.75) is 6.61 Å². The first-order chi connectivity index (χ1) is 11.2. The van der Waals surface area contributed by atoms with E-state index in [2.05, 4.69) is 6.07 Å². The Kier molecular flexibility index (Phi) is 5.63. The molecule has 0 N–H and O–H groups in total. The zero-order chi connectivity index (χ0) is 16.7. The molecule has 2 rings (SSSR count). The average molecular weight is 325 g/mol. The molecule has 114 valence electrons. The molecule has 0 radical (unpaired) electrons. The van der Waals surface area contributed by atoms with Gasteiger partial charge in [-0.3, -0.25) is 0 Å². The molecule has 0 aliphatic heterocycles. The number of hydrogen-bond acceptors (Lipinski definition) is 4. The van der Waals surface area contributed by atoms with E-state index >= 15 is 0 Å². The van der Waals surface area contributed by atoms with Gasteiger partial charge >= 0.3 is 0 Å². The topological polar surface area (TPSA) is 66.0 Å². The second-order valence-electron chi connectivity index (χ2n) is 4.55. The molecule has 2 aromatic rings. The normalized spacial score (nSPS) is 10.1. The van der Waals surface area contributed by atoms with Crippen molar-refractivity contribution in [2.24, 2.45) is 0 Å². The Balaban J connectivity index is 2.28. The molecule has 23 heavy (non-hydrogen) atoms. The number of methoxy groups -OCH3 is 1. The molecule has 0 bridgehead atoms. The Morgan fingerprint density at radius 2 is 2.00 bits per heavy atom. The highest BCUT2D eigenvalue weighted by Crippen LogP contribution is 2.37. The molecule has 0 heterocycles. The molecule has 0 amide bonds. The molecule has 0 atom stereocenters. The second-order valence-corrected chi connectivity index (χ2v) is 4.96. The van der Waals surface area contributed by atoms with Crippen molar-refractivity contribution in [2.75, 3.05) is 7.11 Å². The zero-order valence-corrected chi connectivity index (χ0v) is 13.2. The number of hydrogen-bond donors (Lipinski definition) is 0. The predicted octanol–water partition coefficient (Wildman–Crippen LogP) is 4.34. The van der Waals surface area contributed by atoms with E-state index in [1.807, 2.05) is 18.2 Å². The van der Waals surface area contributed by atoms with E-state index in [1.165, 1.54) is 13.2 Å². The van der Waals surface area contributed by atoms with Crippen LogP contribution in [0.2, 0.25) is 5.02 Å². The molecule has 2 aromatic carbocycles.